The van der Waals surface area contributed by atoms with E-state index in [2.05, 4.69) is 42.3 Å². The van der Waals surface area contributed by atoms with Crippen LogP contribution in [0.25, 0.3) is 0 Å². The number of rotatable bonds is 2. The van der Waals surface area contributed by atoms with E-state index >= 15 is 0 Å². The number of methoxy groups -OCH3 is 2. The molecule has 1 aliphatic heterocycles. The number of fused-ring (bicyclic) bond motifs is 1. The van der Waals surface area contributed by atoms with Gasteiger partial charge in [-0.15, -0.1) is 0 Å². The summed E-state index contributed by atoms with van der Waals surface area (Å²) < 4.78 is 11.1. The Labute approximate surface area is 132 Å². The van der Waals surface area contributed by atoms with E-state index in [1.807, 2.05) is 0 Å². The molecule has 3 heteroatoms. The Hall–Kier alpha value is -1.74. The molecular formula is C19H23NO2. The molecule has 2 atom stereocenters. The number of allylic oxidation sites excluding steroid dienone is 2. The van der Waals surface area contributed by atoms with Gasteiger partial charge in [0.1, 0.15) is 5.75 Å². The number of piperidine rings is 1. The van der Waals surface area contributed by atoms with Crippen molar-refractivity contribution in [2.75, 3.05) is 27.8 Å². The van der Waals surface area contributed by atoms with Crippen molar-refractivity contribution in [3.8, 4) is 5.75 Å². The Kier molecular flexibility index (Phi) is 3.08. The SMILES string of the molecule is COC1=C[C@]23CCN(C)[C@H](Cc4ccc(OC)cc42)C3=CC1. The first kappa shape index (κ1) is 13.9. The highest BCUT2D eigenvalue weighted by Gasteiger charge is 2.49. The lowest BCUT2D eigenvalue weighted by atomic mass is 9.59. The van der Waals surface area contributed by atoms with Gasteiger partial charge in [-0.2, -0.15) is 0 Å². The van der Waals surface area contributed by atoms with Crippen LogP contribution in [0.3, 0.4) is 0 Å². The van der Waals surface area contributed by atoms with E-state index in [1.54, 1.807) is 19.8 Å². The molecule has 0 aromatic heterocycles. The van der Waals surface area contributed by atoms with Crippen molar-refractivity contribution < 1.29 is 9.47 Å². The number of ether oxygens (including phenoxy) is 2. The third-order valence-corrected chi connectivity index (χ3v) is 5.67. The van der Waals surface area contributed by atoms with Crippen LogP contribution in [0.15, 0.2) is 41.7 Å². The van der Waals surface area contributed by atoms with Crippen molar-refractivity contribution in [2.24, 2.45) is 0 Å². The van der Waals surface area contributed by atoms with Crippen molar-refractivity contribution in [1.29, 1.82) is 0 Å². The second kappa shape index (κ2) is 4.88. The molecule has 3 aliphatic rings. The molecule has 0 amide bonds. The molecule has 0 N–H and O–H groups in total. The third-order valence-electron chi connectivity index (χ3n) is 5.67. The van der Waals surface area contributed by atoms with Crippen LogP contribution in [-0.2, 0) is 16.6 Å². The zero-order chi connectivity index (χ0) is 15.3. The second-order valence-corrected chi connectivity index (χ2v) is 6.62. The first-order valence-electron chi connectivity index (χ1n) is 8.02. The van der Waals surface area contributed by atoms with Crippen molar-refractivity contribution >= 4 is 0 Å². The Morgan fingerprint density at radius 1 is 1.23 bits per heavy atom. The predicted molar refractivity (Wildman–Crippen MR) is 87.2 cm³/mol. The van der Waals surface area contributed by atoms with E-state index < -0.39 is 0 Å². The van der Waals surface area contributed by atoms with Crippen molar-refractivity contribution in [3.63, 3.8) is 0 Å². The summed E-state index contributed by atoms with van der Waals surface area (Å²) in [7, 11) is 5.77. The number of likely N-dealkylation sites (N-methyl/N-ethyl adjacent to an activating group) is 1. The average Bonchev–Trinajstić information content (AvgIpc) is 2.57. The maximum Gasteiger partial charge on any atom is 0.119 e. The highest BCUT2D eigenvalue weighted by molar-refractivity contribution is 5.57. The van der Waals surface area contributed by atoms with Gasteiger partial charge in [-0.3, -0.25) is 4.90 Å². The summed E-state index contributed by atoms with van der Waals surface area (Å²) in [6.07, 6.45) is 7.90. The topological polar surface area (TPSA) is 21.7 Å². The van der Waals surface area contributed by atoms with Crippen LogP contribution in [0, 0.1) is 0 Å². The van der Waals surface area contributed by atoms with Gasteiger partial charge < -0.3 is 9.47 Å². The maximum atomic E-state index is 5.60. The average molecular weight is 297 g/mol. The van der Waals surface area contributed by atoms with E-state index in [1.165, 1.54) is 11.1 Å². The van der Waals surface area contributed by atoms with Gasteiger partial charge in [0.2, 0.25) is 0 Å². The first-order chi connectivity index (χ1) is 10.7. The molecule has 1 heterocycles. The first-order valence-corrected chi connectivity index (χ1v) is 8.02. The minimum absolute atomic E-state index is 0.00287. The molecule has 22 heavy (non-hydrogen) atoms. The van der Waals surface area contributed by atoms with Gasteiger partial charge in [0.05, 0.1) is 20.0 Å². The fourth-order valence-corrected chi connectivity index (χ4v) is 4.47. The lowest BCUT2D eigenvalue weighted by molar-refractivity contribution is 0.178. The van der Waals surface area contributed by atoms with E-state index in [0.29, 0.717) is 6.04 Å². The van der Waals surface area contributed by atoms with Crippen LogP contribution in [-0.4, -0.2) is 38.8 Å². The molecule has 0 saturated carbocycles. The molecule has 0 unspecified atom stereocenters. The molecule has 3 nitrogen and oxygen atoms in total. The molecule has 0 radical (unpaired) electrons. The predicted octanol–water partition coefficient (Wildman–Crippen LogP) is 3.05. The molecule has 0 spiro atoms. The second-order valence-electron chi connectivity index (χ2n) is 6.62. The summed E-state index contributed by atoms with van der Waals surface area (Å²) >= 11 is 0. The van der Waals surface area contributed by atoms with Gasteiger partial charge in [0, 0.05) is 17.9 Å². The lowest BCUT2D eigenvalue weighted by Crippen LogP contribution is -2.53. The standard InChI is InChI=1S/C19H23NO2/c1-20-9-8-19-12-15(22-3)6-7-16(19)18(20)10-13-4-5-14(21-2)11-17(13)19/h4-5,7,11-12,18H,6,8-10H2,1-3H3/t18-,19+/m1/s1. The highest BCUT2D eigenvalue weighted by atomic mass is 16.5. The third kappa shape index (κ3) is 1.78. The molecule has 4 rings (SSSR count). The number of benzene rings is 1. The molecule has 1 aromatic rings. The molecule has 2 aliphatic carbocycles. The number of nitrogens with zero attached hydrogens (tertiary/aromatic N) is 1. The molecular weight excluding hydrogens is 274 g/mol. The summed E-state index contributed by atoms with van der Waals surface area (Å²) in [5, 5.41) is 0. The van der Waals surface area contributed by atoms with Crippen LogP contribution >= 0.6 is 0 Å². The van der Waals surface area contributed by atoms with Crippen LogP contribution in [0.5, 0.6) is 5.75 Å². The monoisotopic (exact) mass is 297 g/mol. The summed E-state index contributed by atoms with van der Waals surface area (Å²) in [6.45, 7) is 1.12. The van der Waals surface area contributed by atoms with E-state index in [0.717, 1.165) is 37.3 Å². The summed E-state index contributed by atoms with van der Waals surface area (Å²) in [5.41, 5.74) is 4.42. The quantitative estimate of drug-likeness (QED) is 0.783. The fraction of sp³-hybridized carbons (Fsp3) is 0.474. The maximum absolute atomic E-state index is 5.60. The van der Waals surface area contributed by atoms with Crippen LogP contribution in [0.4, 0.5) is 0 Å². The normalized spacial score (nSPS) is 29.9. The summed E-state index contributed by atoms with van der Waals surface area (Å²) in [4.78, 5) is 2.50. The molecule has 1 aromatic carbocycles. The zero-order valence-electron chi connectivity index (χ0n) is 13.6. The molecule has 2 bridgehead atoms. The molecule has 1 fully saturated rings. The number of hydrogen-bond acceptors (Lipinski definition) is 3. The van der Waals surface area contributed by atoms with Gasteiger partial charge in [-0.05, 0) is 61.3 Å². The minimum Gasteiger partial charge on any atom is -0.501 e. The van der Waals surface area contributed by atoms with Crippen LogP contribution in [0.1, 0.15) is 24.0 Å². The number of hydrogen-bond donors (Lipinski definition) is 0. The van der Waals surface area contributed by atoms with Crippen LogP contribution < -0.4 is 4.74 Å². The Balaban J connectivity index is 1.95. The zero-order valence-corrected chi connectivity index (χ0v) is 13.6. The van der Waals surface area contributed by atoms with E-state index in [9.17, 15) is 0 Å². The van der Waals surface area contributed by atoms with E-state index in [4.69, 9.17) is 9.47 Å². The summed E-state index contributed by atoms with van der Waals surface area (Å²) in [5.74, 6) is 2.03. The van der Waals surface area contributed by atoms with Gasteiger partial charge in [0.15, 0.2) is 0 Å². The van der Waals surface area contributed by atoms with Crippen molar-refractivity contribution in [2.45, 2.75) is 30.7 Å². The lowest BCUT2D eigenvalue weighted by Gasteiger charge is -2.52. The molecule has 116 valence electrons. The fourth-order valence-electron chi connectivity index (χ4n) is 4.47. The van der Waals surface area contributed by atoms with Gasteiger partial charge >= 0.3 is 0 Å². The Morgan fingerprint density at radius 2 is 2.09 bits per heavy atom. The largest absolute Gasteiger partial charge is 0.501 e. The van der Waals surface area contributed by atoms with Crippen molar-refractivity contribution in [1.82, 2.24) is 4.90 Å². The van der Waals surface area contributed by atoms with Crippen LogP contribution in [0.2, 0.25) is 0 Å². The smallest absolute Gasteiger partial charge is 0.119 e. The van der Waals surface area contributed by atoms with Gasteiger partial charge in [0.25, 0.3) is 0 Å². The minimum atomic E-state index is 0.00287. The Morgan fingerprint density at radius 3 is 2.86 bits per heavy atom. The number of likely N-dealkylation sites (tertiary alicyclic amines) is 1. The van der Waals surface area contributed by atoms with Gasteiger partial charge in [-0.25, -0.2) is 0 Å². The molecule has 1 saturated heterocycles. The Bertz CT molecular complexity index is 676. The summed E-state index contributed by atoms with van der Waals surface area (Å²) in [6, 6.07) is 7.08. The van der Waals surface area contributed by atoms with Crippen molar-refractivity contribution in [3.05, 3.63) is 52.8 Å². The van der Waals surface area contributed by atoms with E-state index in [-0.39, 0.29) is 5.41 Å². The highest BCUT2D eigenvalue weighted by Crippen LogP contribution is 2.52. The van der Waals surface area contributed by atoms with Gasteiger partial charge in [-0.1, -0.05) is 12.1 Å².